The van der Waals surface area contributed by atoms with Gasteiger partial charge in [-0.05, 0) is 44.0 Å². The number of nitrogens with zero attached hydrogens (tertiary/aromatic N) is 4. The first-order chi connectivity index (χ1) is 14.1. The van der Waals surface area contributed by atoms with Crippen LogP contribution in [0.25, 0.3) is 11.0 Å². The van der Waals surface area contributed by atoms with Crippen LogP contribution in [0.3, 0.4) is 0 Å². The Morgan fingerprint density at radius 2 is 1.59 bits per heavy atom. The standard InChI is InChI=1S/C22H33N5O2/c1-3-25(4-2)14-15-26-18-12-8-9-13-19(18)27(16-17-10-6-5-7-11-17)22(29)20(24-23)21(26)28/h8-9,12-13,17H,3-7,10-11,14-16,23H2,1-2H3. The van der Waals surface area contributed by atoms with Gasteiger partial charge in [-0.15, -0.1) is 0 Å². The molecule has 0 radical (unpaired) electrons. The zero-order valence-electron chi connectivity index (χ0n) is 17.6. The van der Waals surface area contributed by atoms with Crippen molar-refractivity contribution >= 4 is 11.0 Å². The second-order valence-corrected chi connectivity index (χ2v) is 7.87. The van der Waals surface area contributed by atoms with Crippen LogP contribution in [-0.2, 0) is 13.1 Å². The van der Waals surface area contributed by atoms with Gasteiger partial charge in [0.2, 0.25) is 5.36 Å². The maximum Gasteiger partial charge on any atom is 0.284 e. The molecule has 0 bridgehead atoms. The molecule has 1 aliphatic rings. The molecule has 7 heteroatoms. The van der Waals surface area contributed by atoms with Crippen molar-refractivity contribution in [1.82, 2.24) is 14.0 Å². The molecule has 0 aliphatic heterocycles. The van der Waals surface area contributed by atoms with E-state index in [-0.39, 0.29) is 10.9 Å². The van der Waals surface area contributed by atoms with Crippen LogP contribution in [0.2, 0.25) is 0 Å². The Kier molecular flexibility index (Phi) is 7.25. The van der Waals surface area contributed by atoms with Gasteiger partial charge in [0.05, 0.1) is 11.0 Å². The Labute approximate surface area is 171 Å². The molecule has 1 heterocycles. The third kappa shape index (κ3) is 4.61. The van der Waals surface area contributed by atoms with Crippen LogP contribution in [0.1, 0.15) is 46.0 Å². The fourth-order valence-corrected chi connectivity index (χ4v) is 4.41. The van der Waals surface area contributed by atoms with Gasteiger partial charge in [0.1, 0.15) is 0 Å². The van der Waals surface area contributed by atoms with E-state index in [9.17, 15) is 9.59 Å². The van der Waals surface area contributed by atoms with Gasteiger partial charge in [-0.25, -0.2) is 0 Å². The molecule has 1 aromatic heterocycles. The summed E-state index contributed by atoms with van der Waals surface area (Å²) in [6, 6.07) is 7.66. The summed E-state index contributed by atoms with van der Waals surface area (Å²) in [5.41, 5.74) is 0.728. The SMILES string of the molecule is CCN(CC)CCn1c(=O)c(=NN)c(=O)n(CC2CCCCC2)c2ccccc21. The summed E-state index contributed by atoms with van der Waals surface area (Å²) in [4.78, 5) is 28.8. The zero-order chi connectivity index (χ0) is 20.8. The smallest absolute Gasteiger partial charge is 0.284 e. The van der Waals surface area contributed by atoms with Gasteiger partial charge in [0.15, 0.2) is 0 Å². The second kappa shape index (κ2) is 9.87. The van der Waals surface area contributed by atoms with Crippen molar-refractivity contribution in [3.63, 3.8) is 0 Å². The highest BCUT2D eigenvalue weighted by Gasteiger charge is 2.18. The van der Waals surface area contributed by atoms with E-state index in [0.717, 1.165) is 43.5 Å². The molecule has 7 nitrogen and oxygen atoms in total. The monoisotopic (exact) mass is 399 g/mol. The van der Waals surface area contributed by atoms with Gasteiger partial charge in [-0.2, -0.15) is 5.10 Å². The van der Waals surface area contributed by atoms with E-state index in [1.807, 2.05) is 24.3 Å². The van der Waals surface area contributed by atoms with E-state index < -0.39 is 5.56 Å². The van der Waals surface area contributed by atoms with Gasteiger partial charge in [0, 0.05) is 19.6 Å². The van der Waals surface area contributed by atoms with Gasteiger partial charge in [0.25, 0.3) is 11.1 Å². The van der Waals surface area contributed by atoms with Crippen LogP contribution in [0.4, 0.5) is 0 Å². The molecule has 0 amide bonds. The molecule has 0 atom stereocenters. The summed E-state index contributed by atoms with van der Waals surface area (Å²) in [6.45, 7) is 7.83. The Bertz CT molecular complexity index is 1010. The number of hydrogen-bond acceptors (Lipinski definition) is 5. The molecule has 29 heavy (non-hydrogen) atoms. The number of nitrogens with two attached hydrogens (primary N) is 1. The van der Waals surface area contributed by atoms with E-state index in [4.69, 9.17) is 5.84 Å². The number of benzene rings is 1. The van der Waals surface area contributed by atoms with Gasteiger partial charge in [-0.3, -0.25) is 9.59 Å². The first kappa shape index (κ1) is 21.3. The van der Waals surface area contributed by atoms with Crippen molar-refractivity contribution in [2.45, 2.75) is 59.0 Å². The fraction of sp³-hybridized carbons (Fsp3) is 0.591. The van der Waals surface area contributed by atoms with Crippen LogP contribution in [0, 0.1) is 5.92 Å². The maximum atomic E-state index is 13.3. The molecule has 2 N–H and O–H groups in total. The summed E-state index contributed by atoms with van der Waals surface area (Å²) in [7, 11) is 0. The number of fused-ring (bicyclic) bond motifs is 1. The lowest BCUT2D eigenvalue weighted by Crippen LogP contribution is -2.46. The van der Waals surface area contributed by atoms with Crippen molar-refractivity contribution < 1.29 is 0 Å². The zero-order valence-corrected chi connectivity index (χ0v) is 17.6. The summed E-state index contributed by atoms with van der Waals surface area (Å²) in [5, 5.41) is 3.45. The molecular weight excluding hydrogens is 366 g/mol. The largest absolute Gasteiger partial charge is 0.322 e. The summed E-state index contributed by atoms with van der Waals surface area (Å²) in [6.07, 6.45) is 5.87. The summed E-state index contributed by atoms with van der Waals surface area (Å²) >= 11 is 0. The van der Waals surface area contributed by atoms with Crippen LogP contribution >= 0.6 is 0 Å². The second-order valence-electron chi connectivity index (χ2n) is 7.87. The Morgan fingerprint density at radius 3 is 2.17 bits per heavy atom. The fourth-order valence-electron chi connectivity index (χ4n) is 4.41. The number of para-hydroxylation sites is 2. The minimum Gasteiger partial charge on any atom is -0.322 e. The Morgan fingerprint density at radius 1 is 1.00 bits per heavy atom. The van der Waals surface area contributed by atoms with Crippen LogP contribution in [-0.4, -0.2) is 33.7 Å². The number of rotatable bonds is 7. The topological polar surface area (TPSA) is 85.6 Å². The minimum absolute atomic E-state index is 0.184. The predicted octanol–water partition coefficient (Wildman–Crippen LogP) is 1.86. The first-order valence-electron chi connectivity index (χ1n) is 10.8. The van der Waals surface area contributed by atoms with Crippen molar-refractivity contribution in [2.24, 2.45) is 16.9 Å². The van der Waals surface area contributed by atoms with Crippen LogP contribution in [0.5, 0.6) is 0 Å². The highest BCUT2D eigenvalue weighted by molar-refractivity contribution is 5.74. The van der Waals surface area contributed by atoms with E-state index in [2.05, 4.69) is 23.8 Å². The third-order valence-electron chi connectivity index (χ3n) is 6.19. The van der Waals surface area contributed by atoms with Crippen molar-refractivity contribution in [3.8, 4) is 0 Å². The minimum atomic E-state index is -0.414. The van der Waals surface area contributed by atoms with Crippen LogP contribution in [0.15, 0.2) is 39.0 Å². The molecule has 158 valence electrons. The van der Waals surface area contributed by atoms with E-state index >= 15 is 0 Å². The number of aromatic nitrogens is 2. The first-order valence-corrected chi connectivity index (χ1v) is 10.8. The summed E-state index contributed by atoms with van der Waals surface area (Å²) in [5.74, 6) is 5.98. The molecule has 1 aliphatic carbocycles. The molecule has 1 fully saturated rings. The molecule has 0 unspecified atom stereocenters. The average Bonchev–Trinajstić information content (AvgIpc) is 2.83. The quantitative estimate of drug-likeness (QED) is 0.569. The third-order valence-corrected chi connectivity index (χ3v) is 6.19. The lowest BCUT2D eigenvalue weighted by Gasteiger charge is -2.22. The van der Waals surface area contributed by atoms with E-state index in [1.54, 1.807) is 9.13 Å². The molecule has 0 spiro atoms. The number of hydrogen-bond donors (Lipinski definition) is 1. The van der Waals surface area contributed by atoms with Gasteiger partial charge >= 0.3 is 0 Å². The van der Waals surface area contributed by atoms with E-state index in [1.165, 1.54) is 19.3 Å². The predicted molar refractivity (Wildman–Crippen MR) is 117 cm³/mol. The highest BCUT2D eigenvalue weighted by atomic mass is 16.1. The molecule has 3 rings (SSSR count). The summed E-state index contributed by atoms with van der Waals surface area (Å²) < 4.78 is 3.39. The van der Waals surface area contributed by atoms with Gasteiger partial charge in [-0.1, -0.05) is 45.2 Å². The molecule has 1 saturated carbocycles. The van der Waals surface area contributed by atoms with Gasteiger partial charge < -0.3 is 19.9 Å². The number of likely N-dealkylation sites (N-methyl/N-ethyl adjacent to an activating group) is 1. The van der Waals surface area contributed by atoms with Crippen molar-refractivity contribution in [3.05, 3.63) is 50.3 Å². The van der Waals surface area contributed by atoms with Crippen LogP contribution < -0.4 is 22.3 Å². The van der Waals surface area contributed by atoms with Crippen molar-refractivity contribution in [1.29, 1.82) is 0 Å². The Hall–Kier alpha value is -2.41. The maximum absolute atomic E-state index is 13.3. The van der Waals surface area contributed by atoms with Crippen molar-refractivity contribution in [2.75, 3.05) is 19.6 Å². The average molecular weight is 400 g/mol. The lowest BCUT2D eigenvalue weighted by atomic mass is 9.89. The van der Waals surface area contributed by atoms with E-state index in [0.29, 0.717) is 19.0 Å². The molecular formula is C22H33N5O2. The highest BCUT2D eigenvalue weighted by Crippen LogP contribution is 2.25. The lowest BCUT2D eigenvalue weighted by molar-refractivity contribution is 0.290. The molecule has 1 aromatic carbocycles. The normalized spacial score (nSPS) is 16.0. The molecule has 2 aromatic rings. The Balaban J connectivity index is 2.21. The molecule has 0 saturated heterocycles.